The molecular weight excluding hydrogens is 576 g/mol. The predicted molar refractivity (Wildman–Crippen MR) is 117 cm³/mol. The molecule has 1 aromatic rings. The number of non-ortho nitro benzene ring substituents is 1. The zero-order chi connectivity index (χ0) is 21.0. The molecule has 1 amide bonds. The third-order valence-electron chi connectivity index (χ3n) is 6.26. The normalized spacial score (nSPS) is 32.1. The Morgan fingerprint density at radius 3 is 2.28 bits per heavy atom. The first-order chi connectivity index (χ1) is 13.6. The van der Waals surface area contributed by atoms with Crippen LogP contribution in [0.4, 0.5) is 11.4 Å². The molecular formula is C19H19Br3N2O5. The lowest BCUT2D eigenvalue weighted by molar-refractivity contribution is -0.385. The van der Waals surface area contributed by atoms with Crippen LogP contribution in [0, 0.1) is 27.4 Å². The molecule has 0 spiro atoms. The van der Waals surface area contributed by atoms with Crippen molar-refractivity contribution in [2.45, 2.75) is 42.8 Å². The molecule has 0 unspecified atom stereocenters. The summed E-state index contributed by atoms with van der Waals surface area (Å²) in [6.07, 6.45) is 5.87. The van der Waals surface area contributed by atoms with Crippen LogP contribution in [-0.2, 0) is 14.3 Å². The summed E-state index contributed by atoms with van der Waals surface area (Å²) in [5, 5.41) is 13.6. The van der Waals surface area contributed by atoms with Crippen LogP contribution < -0.4 is 5.32 Å². The van der Waals surface area contributed by atoms with E-state index < -0.39 is 16.2 Å². The van der Waals surface area contributed by atoms with E-state index in [1.807, 2.05) is 0 Å². The largest absolute Gasteiger partial charge is 0.455 e. The number of ether oxygens (including phenoxy) is 1. The molecule has 1 N–H and O–H groups in total. The number of rotatable bonds is 5. The van der Waals surface area contributed by atoms with E-state index in [4.69, 9.17) is 4.74 Å². The zero-order valence-electron chi connectivity index (χ0n) is 15.4. The fourth-order valence-electron chi connectivity index (χ4n) is 5.63. The van der Waals surface area contributed by atoms with Gasteiger partial charge in [0.2, 0.25) is 0 Å². The fourth-order valence-corrected chi connectivity index (χ4v) is 8.45. The number of esters is 1. The predicted octanol–water partition coefficient (Wildman–Crippen LogP) is 5.34. The van der Waals surface area contributed by atoms with Crippen LogP contribution in [-0.4, -0.2) is 27.7 Å². The van der Waals surface area contributed by atoms with Crippen molar-refractivity contribution in [2.24, 2.45) is 17.3 Å². The Hall–Kier alpha value is -1.00. The minimum atomic E-state index is -0.523. The number of nitrogens with zero attached hydrogens (tertiary/aromatic N) is 1. The second-order valence-electron chi connectivity index (χ2n) is 8.56. The average molecular weight is 595 g/mol. The van der Waals surface area contributed by atoms with Crippen molar-refractivity contribution in [3.63, 3.8) is 0 Å². The minimum Gasteiger partial charge on any atom is -0.455 e. The lowest BCUT2D eigenvalue weighted by atomic mass is 9.49. The Morgan fingerprint density at radius 1 is 1.17 bits per heavy atom. The molecule has 156 valence electrons. The van der Waals surface area contributed by atoms with Gasteiger partial charge in [0.15, 0.2) is 6.61 Å². The van der Waals surface area contributed by atoms with E-state index in [-0.39, 0.29) is 22.6 Å². The molecule has 10 heteroatoms. The number of nitrogens with one attached hydrogen (secondary N) is 1. The number of nitro benzene ring substituents is 1. The lowest BCUT2D eigenvalue weighted by Gasteiger charge is -2.58. The number of hydrogen-bond donors (Lipinski definition) is 1. The molecule has 2 atom stereocenters. The Balaban J connectivity index is 1.39. The highest BCUT2D eigenvalue weighted by Crippen LogP contribution is 2.64. The van der Waals surface area contributed by atoms with Crippen molar-refractivity contribution in [2.75, 3.05) is 11.9 Å². The lowest BCUT2D eigenvalue weighted by Crippen LogP contribution is -2.56. The van der Waals surface area contributed by atoms with Gasteiger partial charge in [-0.1, -0.05) is 15.9 Å². The molecule has 1 aromatic carbocycles. The van der Waals surface area contributed by atoms with E-state index in [0.29, 0.717) is 26.5 Å². The third-order valence-corrected chi connectivity index (χ3v) is 8.44. The molecule has 0 aliphatic heterocycles. The average Bonchev–Trinajstić information content (AvgIpc) is 2.60. The van der Waals surface area contributed by atoms with Gasteiger partial charge in [-0.2, -0.15) is 0 Å². The first-order valence-corrected chi connectivity index (χ1v) is 11.8. The molecule has 0 radical (unpaired) electrons. The van der Waals surface area contributed by atoms with Crippen LogP contribution in [0.15, 0.2) is 21.1 Å². The Morgan fingerprint density at radius 2 is 1.76 bits per heavy atom. The summed E-state index contributed by atoms with van der Waals surface area (Å²) < 4.78 is 6.19. The van der Waals surface area contributed by atoms with Gasteiger partial charge < -0.3 is 10.1 Å². The van der Waals surface area contributed by atoms with Crippen LogP contribution >= 0.6 is 47.8 Å². The number of benzene rings is 1. The Bertz CT molecular complexity index is 869. The van der Waals surface area contributed by atoms with Crippen LogP contribution in [0.3, 0.4) is 0 Å². The number of alkyl halides is 1. The monoisotopic (exact) mass is 592 g/mol. The smallest absolute Gasteiger partial charge is 0.312 e. The van der Waals surface area contributed by atoms with Gasteiger partial charge >= 0.3 is 5.97 Å². The molecule has 0 saturated heterocycles. The molecule has 0 aromatic heterocycles. The molecule has 4 aliphatic carbocycles. The van der Waals surface area contributed by atoms with Gasteiger partial charge in [-0.05, 0) is 82.2 Å². The van der Waals surface area contributed by atoms with Crippen LogP contribution in [0.5, 0.6) is 0 Å². The highest BCUT2D eigenvalue weighted by Gasteiger charge is 2.60. The second-order valence-corrected chi connectivity index (χ2v) is 11.9. The third kappa shape index (κ3) is 4.12. The number of carbonyl (C=O) groups is 2. The summed E-state index contributed by atoms with van der Waals surface area (Å²) in [6.45, 7) is -0.388. The van der Waals surface area contributed by atoms with Crippen molar-refractivity contribution >= 4 is 71.0 Å². The van der Waals surface area contributed by atoms with Crippen molar-refractivity contribution < 1.29 is 19.2 Å². The molecule has 4 bridgehead atoms. The molecule has 0 heterocycles. The molecule has 4 aliphatic rings. The van der Waals surface area contributed by atoms with Gasteiger partial charge in [0.05, 0.1) is 16.0 Å². The topological polar surface area (TPSA) is 98.5 Å². The highest BCUT2D eigenvalue weighted by molar-refractivity contribution is 9.11. The van der Waals surface area contributed by atoms with Gasteiger partial charge in [-0.15, -0.1) is 0 Å². The number of anilines is 1. The summed E-state index contributed by atoms with van der Waals surface area (Å²) in [4.78, 5) is 35.7. The minimum absolute atomic E-state index is 0.0346. The number of hydrogen-bond acceptors (Lipinski definition) is 5. The van der Waals surface area contributed by atoms with Crippen molar-refractivity contribution in [1.29, 1.82) is 0 Å². The first-order valence-electron chi connectivity index (χ1n) is 9.39. The van der Waals surface area contributed by atoms with E-state index >= 15 is 0 Å². The van der Waals surface area contributed by atoms with Crippen LogP contribution in [0.25, 0.3) is 0 Å². The van der Waals surface area contributed by atoms with Crippen LogP contribution in [0.1, 0.15) is 38.5 Å². The number of nitro groups is 1. The number of amides is 1. The van der Waals surface area contributed by atoms with E-state index in [1.165, 1.54) is 18.6 Å². The molecule has 4 saturated carbocycles. The van der Waals surface area contributed by atoms with Crippen molar-refractivity contribution in [3.8, 4) is 0 Å². The Labute approximate surface area is 192 Å². The second kappa shape index (κ2) is 7.60. The van der Waals surface area contributed by atoms with E-state index in [0.717, 1.165) is 32.1 Å². The number of carbonyl (C=O) groups excluding carboxylic acids is 2. The van der Waals surface area contributed by atoms with Gasteiger partial charge in [0.25, 0.3) is 11.6 Å². The molecule has 29 heavy (non-hydrogen) atoms. The standard InChI is InChI=1S/C19H19Br3N2O5/c20-13-2-12(24(27)28)3-14(21)16(13)23-15(25)8-29-17(26)18-4-10-1-11(5-18)7-19(22,6-10)9-18/h2-3,10-11H,1,4-9H2,(H,23,25)/t10-,11-,18?,19?/m1/s1. The zero-order valence-corrected chi connectivity index (χ0v) is 20.1. The van der Waals surface area contributed by atoms with E-state index in [9.17, 15) is 19.7 Å². The quantitative estimate of drug-likeness (QED) is 0.215. The summed E-state index contributed by atoms with van der Waals surface area (Å²) in [7, 11) is 0. The summed E-state index contributed by atoms with van der Waals surface area (Å²) in [6, 6.07) is 2.61. The van der Waals surface area contributed by atoms with Crippen molar-refractivity contribution in [3.05, 3.63) is 31.2 Å². The van der Waals surface area contributed by atoms with Gasteiger partial charge in [-0.3, -0.25) is 19.7 Å². The molecule has 5 rings (SSSR count). The SMILES string of the molecule is O=C(COC(=O)C12C[C@H]3C[C@@H](CC(Br)(C3)C1)C2)Nc1c(Br)cc([N+](=O)[O-])cc1Br. The first kappa shape index (κ1) is 21.2. The van der Waals surface area contributed by atoms with Crippen LogP contribution in [0.2, 0.25) is 0 Å². The van der Waals surface area contributed by atoms with E-state index in [1.54, 1.807) is 0 Å². The number of halogens is 3. The Kier molecular flexibility index (Phi) is 5.57. The maximum absolute atomic E-state index is 12.9. The highest BCUT2D eigenvalue weighted by atomic mass is 79.9. The maximum atomic E-state index is 12.9. The van der Waals surface area contributed by atoms with Gasteiger partial charge in [-0.25, -0.2) is 0 Å². The maximum Gasteiger partial charge on any atom is 0.312 e. The van der Waals surface area contributed by atoms with Gasteiger partial charge in [0.1, 0.15) is 0 Å². The summed E-state index contributed by atoms with van der Waals surface area (Å²) in [5.74, 6) is 0.312. The fraction of sp³-hybridized carbons (Fsp3) is 0.579. The summed E-state index contributed by atoms with van der Waals surface area (Å²) >= 11 is 10.3. The summed E-state index contributed by atoms with van der Waals surface area (Å²) in [5.41, 5.74) is -0.243. The van der Waals surface area contributed by atoms with Gasteiger partial charge in [0, 0.05) is 25.4 Å². The van der Waals surface area contributed by atoms with E-state index in [2.05, 4.69) is 53.1 Å². The molecule has 7 nitrogen and oxygen atoms in total. The van der Waals surface area contributed by atoms with Crippen molar-refractivity contribution in [1.82, 2.24) is 0 Å². The molecule has 4 fully saturated rings.